The maximum atomic E-state index is 11.2. The Morgan fingerprint density at radius 2 is 2.22 bits per heavy atom. The number of morpholine rings is 1. The summed E-state index contributed by atoms with van der Waals surface area (Å²) in [7, 11) is 0. The fraction of sp³-hybridized carbons (Fsp3) is 0.636. The predicted molar refractivity (Wildman–Crippen MR) is 61.3 cm³/mol. The monoisotopic (exact) mass is 252 g/mol. The number of fused-ring (bicyclic) bond motifs is 2. The Bertz CT molecular complexity index is 435. The summed E-state index contributed by atoms with van der Waals surface area (Å²) in [5.41, 5.74) is 2.24. The highest BCUT2D eigenvalue weighted by atomic mass is 16.5. The molecule has 2 unspecified atom stereocenters. The molecule has 3 heterocycles. The summed E-state index contributed by atoms with van der Waals surface area (Å²) in [4.78, 5) is 13.5. The van der Waals surface area contributed by atoms with Gasteiger partial charge in [0.25, 0.3) is 5.91 Å². The summed E-state index contributed by atoms with van der Waals surface area (Å²) < 4.78 is 10.9. The summed E-state index contributed by atoms with van der Waals surface area (Å²) >= 11 is 0. The zero-order valence-electron chi connectivity index (χ0n) is 9.96. The van der Waals surface area contributed by atoms with Crippen molar-refractivity contribution in [2.75, 3.05) is 13.1 Å². The van der Waals surface area contributed by atoms with Crippen molar-refractivity contribution in [1.82, 2.24) is 15.5 Å². The van der Waals surface area contributed by atoms with E-state index < -0.39 is 5.91 Å². The summed E-state index contributed by atoms with van der Waals surface area (Å²) in [5, 5.41) is 3.68. The van der Waals surface area contributed by atoms with Crippen LogP contribution in [0, 0.1) is 0 Å². The first-order valence-corrected chi connectivity index (χ1v) is 6.09. The Morgan fingerprint density at radius 1 is 1.50 bits per heavy atom. The minimum atomic E-state index is -0.438. The molecule has 98 valence electrons. The molecule has 3 N–H and O–H groups in total. The number of hydrogen-bond acceptors (Lipinski definition) is 6. The number of ether oxygens (including phenoxy) is 1. The predicted octanol–water partition coefficient (Wildman–Crippen LogP) is -0.359. The Morgan fingerprint density at radius 3 is 2.89 bits per heavy atom. The summed E-state index contributed by atoms with van der Waals surface area (Å²) in [5.74, 6) is 5.27. The van der Waals surface area contributed by atoms with E-state index in [0.29, 0.717) is 24.5 Å². The number of nitrogen functional groups attached to an aromatic ring is 1. The van der Waals surface area contributed by atoms with E-state index in [1.807, 2.05) is 5.43 Å². The van der Waals surface area contributed by atoms with Crippen LogP contribution in [-0.2, 0) is 11.3 Å². The van der Waals surface area contributed by atoms with Gasteiger partial charge in [-0.3, -0.25) is 15.1 Å². The zero-order chi connectivity index (χ0) is 12.5. The molecule has 18 heavy (non-hydrogen) atoms. The van der Waals surface area contributed by atoms with Crippen LogP contribution >= 0.6 is 0 Å². The van der Waals surface area contributed by atoms with Crippen molar-refractivity contribution in [3.05, 3.63) is 17.5 Å². The van der Waals surface area contributed by atoms with Crippen molar-refractivity contribution in [2.45, 2.75) is 31.6 Å². The highest BCUT2D eigenvalue weighted by molar-refractivity contribution is 5.91. The molecule has 7 heteroatoms. The number of rotatable bonds is 3. The molecule has 0 saturated carbocycles. The smallest absolute Gasteiger partial charge is 0.287 e. The summed E-state index contributed by atoms with van der Waals surface area (Å²) in [6.45, 7) is 2.48. The van der Waals surface area contributed by atoms with Crippen LogP contribution in [0.25, 0.3) is 0 Å². The lowest BCUT2D eigenvalue weighted by Crippen LogP contribution is -2.41. The Balaban J connectivity index is 1.62. The minimum Gasteiger partial charge on any atom is -0.372 e. The molecule has 2 aliphatic rings. The van der Waals surface area contributed by atoms with E-state index >= 15 is 0 Å². The molecule has 3 rings (SSSR count). The first-order valence-electron chi connectivity index (χ1n) is 6.09. The third-order valence-electron chi connectivity index (χ3n) is 3.42. The number of aromatic nitrogens is 1. The number of amides is 1. The number of likely N-dealkylation sites (tertiary alicyclic amines) is 1. The molecule has 0 aliphatic carbocycles. The van der Waals surface area contributed by atoms with Gasteiger partial charge in [-0.2, -0.15) is 0 Å². The molecule has 1 amide bonds. The molecule has 0 aromatic carbocycles. The molecule has 7 nitrogen and oxygen atoms in total. The maximum Gasteiger partial charge on any atom is 0.287 e. The lowest BCUT2D eigenvalue weighted by Gasteiger charge is -2.31. The van der Waals surface area contributed by atoms with Crippen LogP contribution < -0.4 is 11.3 Å². The number of nitrogens with two attached hydrogens (primary N) is 1. The normalized spacial score (nSPS) is 27.4. The van der Waals surface area contributed by atoms with E-state index in [0.717, 1.165) is 25.9 Å². The van der Waals surface area contributed by atoms with Gasteiger partial charge in [0.15, 0.2) is 11.5 Å². The number of carbonyl (C=O) groups excluding carboxylic acids is 1. The van der Waals surface area contributed by atoms with Gasteiger partial charge >= 0.3 is 0 Å². The van der Waals surface area contributed by atoms with Gasteiger partial charge in [0, 0.05) is 19.2 Å². The van der Waals surface area contributed by atoms with E-state index in [1.54, 1.807) is 6.07 Å². The molecule has 2 atom stereocenters. The van der Waals surface area contributed by atoms with Crippen molar-refractivity contribution in [3.8, 4) is 0 Å². The van der Waals surface area contributed by atoms with E-state index in [4.69, 9.17) is 15.1 Å². The molecular weight excluding hydrogens is 236 g/mol. The van der Waals surface area contributed by atoms with Gasteiger partial charge in [0.05, 0.1) is 18.8 Å². The molecule has 2 saturated heterocycles. The van der Waals surface area contributed by atoms with Gasteiger partial charge in [-0.05, 0) is 12.8 Å². The second kappa shape index (κ2) is 4.68. The number of hydrazine groups is 1. The Hall–Kier alpha value is -1.44. The van der Waals surface area contributed by atoms with E-state index in [2.05, 4.69) is 10.1 Å². The SMILES string of the molecule is NNC(=O)c1cc(CN2CC3CCC(C2)O3)on1. The largest absolute Gasteiger partial charge is 0.372 e. The maximum absolute atomic E-state index is 11.2. The second-order valence-corrected chi connectivity index (χ2v) is 4.80. The third kappa shape index (κ3) is 2.24. The number of hydrogen-bond donors (Lipinski definition) is 2. The standard InChI is InChI=1S/C11H16N4O3/c12-13-11(16)10-3-9(18-14-10)6-15-4-7-1-2-8(5-15)17-7/h3,7-8H,1-2,4-6,12H2,(H,13,16). The summed E-state index contributed by atoms with van der Waals surface area (Å²) in [6, 6.07) is 1.62. The van der Waals surface area contributed by atoms with Gasteiger partial charge in [-0.25, -0.2) is 5.84 Å². The highest BCUT2D eigenvalue weighted by Gasteiger charge is 2.33. The quantitative estimate of drug-likeness (QED) is 0.433. The molecule has 2 bridgehead atoms. The number of nitrogens with zero attached hydrogens (tertiary/aromatic N) is 2. The molecule has 2 fully saturated rings. The fourth-order valence-corrected chi connectivity index (χ4v) is 2.62. The van der Waals surface area contributed by atoms with Gasteiger partial charge in [0.1, 0.15) is 0 Å². The first kappa shape index (κ1) is 11.6. The van der Waals surface area contributed by atoms with Crippen molar-refractivity contribution >= 4 is 5.91 Å². The van der Waals surface area contributed by atoms with E-state index in [1.165, 1.54) is 0 Å². The van der Waals surface area contributed by atoms with Crippen molar-refractivity contribution in [1.29, 1.82) is 0 Å². The number of carbonyl (C=O) groups is 1. The number of nitrogens with one attached hydrogen (secondary N) is 1. The van der Waals surface area contributed by atoms with Gasteiger partial charge in [0.2, 0.25) is 0 Å². The van der Waals surface area contributed by atoms with Crippen LogP contribution in [0.1, 0.15) is 29.1 Å². The topological polar surface area (TPSA) is 93.6 Å². The molecule has 0 spiro atoms. The highest BCUT2D eigenvalue weighted by Crippen LogP contribution is 2.27. The minimum absolute atomic E-state index is 0.212. The molecule has 0 radical (unpaired) electrons. The van der Waals surface area contributed by atoms with Crippen molar-refractivity contribution in [2.24, 2.45) is 5.84 Å². The van der Waals surface area contributed by atoms with Crippen LogP contribution in [0.2, 0.25) is 0 Å². The average Bonchev–Trinajstić information content (AvgIpc) is 2.96. The van der Waals surface area contributed by atoms with Gasteiger partial charge in [-0.15, -0.1) is 0 Å². The van der Waals surface area contributed by atoms with Crippen LogP contribution in [-0.4, -0.2) is 41.3 Å². The van der Waals surface area contributed by atoms with Gasteiger partial charge < -0.3 is 9.26 Å². The zero-order valence-corrected chi connectivity index (χ0v) is 9.96. The lowest BCUT2D eigenvalue weighted by molar-refractivity contribution is -0.0431. The first-order chi connectivity index (χ1) is 8.74. The average molecular weight is 252 g/mol. The van der Waals surface area contributed by atoms with Crippen LogP contribution in [0.5, 0.6) is 0 Å². The molecule has 1 aromatic rings. The Labute approximate surface area is 104 Å². The van der Waals surface area contributed by atoms with Gasteiger partial charge in [-0.1, -0.05) is 5.16 Å². The molecule has 1 aromatic heterocycles. The Kier molecular flexibility index (Phi) is 3.02. The van der Waals surface area contributed by atoms with Crippen LogP contribution in [0.15, 0.2) is 10.6 Å². The van der Waals surface area contributed by atoms with E-state index in [-0.39, 0.29) is 5.69 Å². The second-order valence-electron chi connectivity index (χ2n) is 4.80. The molecule has 2 aliphatic heterocycles. The third-order valence-corrected chi connectivity index (χ3v) is 3.42. The fourth-order valence-electron chi connectivity index (χ4n) is 2.62. The van der Waals surface area contributed by atoms with E-state index in [9.17, 15) is 4.79 Å². The van der Waals surface area contributed by atoms with Crippen LogP contribution in [0.3, 0.4) is 0 Å². The van der Waals surface area contributed by atoms with Crippen LogP contribution in [0.4, 0.5) is 0 Å². The summed E-state index contributed by atoms with van der Waals surface area (Å²) in [6.07, 6.45) is 2.97. The van der Waals surface area contributed by atoms with Crippen molar-refractivity contribution in [3.63, 3.8) is 0 Å². The van der Waals surface area contributed by atoms with Crippen molar-refractivity contribution < 1.29 is 14.1 Å². The lowest BCUT2D eigenvalue weighted by atomic mass is 10.2. The molecular formula is C11H16N4O3.